The lowest BCUT2D eigenvalue weighted by atomic mass is 10.1. The van der Waals surface area contributed by atoms with Crippen LogP contribution in [0, 0.1) is 0 Å². The van der Waals surface area contributed by atoms with Crippen LogP contribution in [-0.4, -0.2) is 19.2 Å². The molecule has 0 aliphatic rings. The molecular formula is C21H26O3. The molecule has 0 unspecified atom stereocenters. The summed E-state index contributed by atoms with van der Waals surface area (Å²) < 4.78 is 10.8. The van der Waals surface area contributed by atoms with E-state index < -0.39 is 0 Å². The Kier molecular flexibility index (Phi) is 7.88. The SMILES string of the molecule is C=CC(=O)OCCCCCCCCOc1ccc2ccccc2c1. The van der Waals surface area contributed by atoms with E-state index in [1.807, 2.05) is 18.2 Å². The molecule has 2 rings (SSSR count). The van der Waals surface area contributed by atoms with Crippen molar-refractivity contribution < 1.29 is 14.3 Å². The van der Waals surface area contributed by atoms with E-state index >= 15 is 0 Å². The molecule has 0 fully saturated rings. The Bertz CT molecular complexity index is 648. The van der Waals surface area contributed by atoms with Crippen molar-refractivity contribution in [2.75, 3.05) is 13.2 Å². The largest absolute Gasteiger partial charge is 0.494 e. The molecular weight excluding hydrogens is 300 g/mol. The van der Waals surface area contributed by atoms with Crippen LogP contribution in [0.4, 0.5) is 0 Å². The summed E-state index contributed by atoms with van der Waals surface area (Å²) in [5, 5.41) is 2.45. The van der Waals surface area contributed by atoms with Gasteiger partial charge in [-0.05, 0) is 35.7 Å². The topological polar surface area (TPSA) is 35.5 Å². The number of rotatable bonds is 11. The molecule has 0 saturated carbocycles. The molecule has 0 N–H and O–H groups in total. The van der Waals surface area contributed by atoms with Crippen LogP contribution in [0.2, 0.25) is 0 Å². The number of carbonyl (C=O) groups excluding carboxylic acids is 1. The van der Waals surface area contributed by atoms with Crippen LogP contribution in [0.5, 0.6) is 5.75 Å². The lowest BCUT2D eigenvalue weighted by Gasteiger charge is -2.07. The monoisotopic (exact) mass is 326 g/mol. The quantitative estimate of drug-likeness (QED) is 0.320. The Morgan fingerprint density at radius 3 is 2.29 bits per heavy atom. The Morgan fingerprint density at radius 2 is 1.54 bits per heavy atom. The van der Waals surface area contributed by atoms with Crippen molar-refractivity contribution in [1.29, 1.82) is 0 Å². The van der Waals surface area contributed by atoms with Crippen molar-refractivity contribution >= 4 is 16.7 Å². The average Bonchev–Trinajstić information content (AvgIpc) is 2.62. The molecule has 0 amide bonds. The number of ether oxygens (including phenoxy) is 2. The van der Waals surface area contributed by atoms with Gasteiger partial charge in [0.15, 0.2) is 0 Å². The second-order valence-electron chi connectivity index (χ2n) is 5.85. The maximum Gasteiger partial charge on any atom is 0.330 e. The zero-order chi connectivity index (χ0) is 17.0. The molecule has 0 saturated heterocycles. The van der Waals surface area contributed by atoms with Crippen LogP contribution >= 0.6 is 0 Å². The molecule has 0 aliphatic carbocycles. The first-order chi connectivity index (χ1) is 11.8. The number of fused-ring (bicyclic) bond motifs is 1. The predicted molar refractivity (Wildman–Crippen MR) is 98.3 cm³/mol. The lowest BCUT2D eigenvalue weighted by molar-refractivity contribution is -0.137. The van der Waals surface area contributed by atoms with Crippen molar-refractivity contribution in [2.24, 2.45) is 0 Å². The van der Waals surface area contributed by atoms with Crippen LogP contribution in [-0.2, 0) is 9.53 Å². The van der Waals surface area contributed by atoms with Crippen molar-refractivity contribution in [2.45, 2.75) is 38.5 Å². The molecule has 0 atom stereocenters. The Labute approximate surface area is 144 Å². The first kappa shape index (κ1) is 18.1. The van der Waals surface area contributed by atoms with E-state index in [0.717, 1.165) is 31.6 Å². The molecule has 3 nitrogen and oxygen atoms in total. The minimum Gasteiger partial charge on any atom is -0.494 e. The highest BCUT2D eigenvalue weighted by Gasteiger charge is 1.98. The zero-order valence-electron chi connectivity index (χ0n) is 14.2. The van der Waals surface area contributed by atoms with Crippen molar-refractivity contribution in [3.05, 3.63) is 55.1 Å². The minimum absolute atomic E-state index is 0.333. The third kappa shape index (κ3) is 6.45. The Morgan fingerprint density at radius 1 is 0.875 bits per heavy atom. The van der Waals surface area contributed by atoms with Gasteiger partial charge in [0.2, 0.25) is 0 Å². The minimum atomic E-state index is -0.333. The Hall–Kier alpha value is -2.29. The van der Waals surface area contributed by atoms with E-state index in [2.05, 4.69) is 30.8 Å². The van der Waals surface area contributed by atoms with Crippen LogP contribution in [0.25, 0.3) is 10.8 Å². The molecule has 0 aliphatic heterocycles. The molecule has 0 heterocycles. The van der Waals surface area contributed by atoms with E-state index in [-0.39, 0.29) is 5.97 Å². The summed E-state index contributed by atoms with van der Waals surface area (Å²) in [4.78, 5) is 10.9. The van der Waals surface area contributed by atoms with Crippen molar-refractivity contribution in [3.63, 3.8) is 0 Å². The van der Waals surface area contributed by atoms with Gasteiger partial charge < -0.3 is 9.47 Å². The lowest BCUT2D eigenvalue weighted by Crippen LogP contribution is -2.01. The number of carbonyl (C=O) groups is 1. The van der Waals surface area contributed by atoms with Gasteiger partial charge in [-0.25, -0.2) is 4.79 Å². The normalized spacial score (nSPS) is 10.5. The van der Waals surface area contributed by atoms with Crippen molar-refractivity contribution in [1.82, 2.24) is 0 Å². The van der Waals surface area contributed by atoms with Gasteiger partial charge in [0.05, 0.1) is 13.2 Å². The molecule has 0 radical (unpaired) electrons. The van der Waals surface area contributed by atoms with Crippen molar-refractivity contribution in [3.8, 4) is 5.75 Å². The predicted octanol–water partition coefficient (Wildman–Crippen LogP) is 5.29. The number of unbranched alkanes of at least 4 members (excludes halogenated alkanes) is 5. The maximum atomic E-state index is 10.9. The summed E-state index contributed by atoms with van der Waals surface area (Å²) in [5.41, 5.74) is 0. The highest BCUT2D eigenvalue weighted by Crippen LogP contribution is 2.20. The summed E-state index contributed by atoms with van der Waals surface area (Å²) in [5.74, 6) is 0.610. The van der Waals surface area contributed by atoms with Crippen LogP contribution in [0.15, 0.2) is 55.1 Å². The second kappa shape index (κ2) is 10.5. The molecule has 0 aromatic heterocycles. The van der Waals surface area contributed by atoms with Crippen LogP contribution < -0.4 is 4.74 Å². The standard InChI is InChI=1S/C21H26O3/c1-2-21(22)24-16-10-6-4-3-5-9-15-23-20-14-13-18-11-7-8-12-19(18)17-20/h2,7-8,11-14,17H,1,3-6,9-10,15-16H2. The molecule has 24 heavy (non-hydrogen) atoms. The smallest absolute Gasteiger partial charge is 0.330 e. The van der Waals surface area contributed by atoms with Gasteiger partial charge in [-0.3, -0.25) is 0 Å². The fraction of sp³-hybridized carbons (Fsp3) is 0.381. The molecule has 3 heteroatoms. The fourth-order valence-corrected chi connectivity index (χ4v) is 2.59. The van der Waals surface area contributed by atoms with E-state index in [1.54, 1.807) is 0 Å². The summed E-state index contributed by atoms with van der Waals surface area (Å²) in [6, 6.07) is 14.5. The zero-order valence-corrected chi connectivity index (χ0v) is 14.2. The van der Waals surface area contributed by atoms with Gasteiger partial charge in [-0.2, -0.15) is 0 Å². The average molecular weight is 326 g/mol. The Balaban J connectivity index is 1.50. The van der Waals surface area contributed by atoms with E-state index in [9.17, 15) is 4.79 Å². The summed E-state index contributed by atoms with van der Waals surface area (Å²) in [6.07, 6.45) is 7.81. The number of hydrogen-bond donors (Lipinski definition) is 0. The first-order valence-electron chi connectivity index (χ1n) is 8.70. The first-order valence-corrected chi connectivity index (χ1v) is 8.70. The van der Waals surface area contributed by atoms with Gasteiger partial charge in [0.25, 0.3) is 0 Å². The third-order valence-electron chi connectivity index (χ3n) is 3.94. The summed E-state index contributed by atoms with van der Waals surface area (Å²) in [6.45, 7) is 4.62. The van der Waals surface area contributed by atoms with Crippen LogP contribution in [0.3, 0.4) is 0 Å². The third-order valence-corrected chi connectivity index (χ3v) is 3.94. The maximum absolute atomic E-state index is 10.9. The molecule has 0 bridgehead atoms. The summed E-state index contributed by atoms with van der Waals surface area (Å²) in [7, 11) is 0. The van der Waals surface area contributed by atoms with Gasteiger partial charge >= 0.3 is 5.97 Å². The molecule has 128 valence electrons. The van der Waals surface area contributed by atoms with Gasteiger partial charge in [-0.15, -0.1) is 0 Å². The second-order valence-corrected chi connectivity index (χ2v) is 5.85. The molecule has 0 spiro atoms. The highest BCUT2D eigenvalue weighted by atomic mass is 16.5. The number of hydrogen-bond acceptors (Lipinski definition) is 3. The molecule has 2 aromatic carbocycles. The van der Waals surface area contributed by atoms with E-state index in [0.29, 0.717) is 6.61 Å². The van der Waals surface area contributed by atoms with Gasteiger partial charge in [0, 0.05) is 6.08 Å². The summed E-state index contributed by atoms with van der Waals surface area (Å²) >= 11 is 0. The number of esters is 1. The number of benzene rings is 2. The highest BCUT2D eigenvalue weighted by molar-refractivity contribution is 5.83. The van der Waals surface area contributed by atoms with Gasteiger partial charge in [0.1, 0.15) is 5.75 Å². The van der Waals surface area contributed by atoms with E-state index in [4.69, 9.17) is 9.47 Å². The van der Waals surface area contributed by atoms with Crippen LogP contribution in [0.1, 0.15) is 38.5 Å². The fourth-order valence-electron chi connectivity index (χ4n) is 2.59. The van der Waals surface area contributed by atoms with Gasteiger partial charge in [-0.1, -0.05) is 62.6 Å². The van der Waals surface area contributed by atoms with E-state index in [1.165, 1.54) is 36.1 Å². The molecule has 2 aromatic rings.